The van der Waals surface area contributed by atoms with E-state index in [4.69, 9.17) is 10.2 Å². The number of unbranched alkanes of at least 4 members (excludes halogenated alkanes) is 3. The number of hydrogen-bond donors (Lipinski definition) is 2. The fourth-order valence-corrected chi connectivity index (χ4v) is 1.26. The molecule has 6 heteroatoms. The van der Waals surface area contributed by atoms with Crippen LogP contribution in [0.25, 0.3) is 0 Å². The first-order chi connectivity index (χ1) is 8.79. The molecule has 0 amide bonds. The first-order valence-corrected chi connectivity index (χ1v) is 6.37. The van der Waals surface area contributed by atoms with Crippen molar-refractivity contribution in [2.75, 3.05) is 6.61 Å². The topological polar surface area (TPSA) is 101 Å². The third-order valence-electron chi connectivity index (χ3n) is 2.68. The maximum atomic E-state index is 11.4. The predicted octanol–water partition coefficient (Wildman–Crippen LogP) is 1.50. The Morgan fingerprint density at radius 3 is 2.00 bits per heavy atom. The van der Waals surface area contributed by atoms with Crippen LogP contribution in [0.5, 0.6) is 0 Å². The lowest BCUT2D eigenvalue weighted by Gasteiger charge is -2.18. The minimum absolute atomic E-state index is 0.125. The zero-order chi connectivity index (χ0) is 14.9. The van der Waals surface area contributed by atoms with Crippen molar-refractivity contribution >= 4 is 17.9 Å². The molecule has 0 aromatic carbocycles. The molecule has 0 saturated carbocycles. The van der Waals surface area contributed by atoms with Crippen LogP contribution in [-0.4, -0.2) is 34.7 Å². The highest BCUT2D eigenvalue weighted by Crippen LogP contribution is 2.16. The number of carboxylic acid groups (broad SMARTS) is 1. The Balaban J connectivity index is 3.71. The molecule has 0 aliphatic heterocycles. The van der Waals surface area contributed by atoms with Crippen LogP contribution in [0.4, 0.5) is 0 Å². The van der Waals surface area contributed by atoms with Crippen LogP contribution in [-0.2, 0) is 19.1 Å². The fraction of sp³-hybridized carbons (Fsp3) is 0.769. The molecule has 0 bridgehead atoms. The third kappa shape index (κ3) is 8.31. The highest BCUT2D eigenvalue weighted by atomic mass is 16.6. The maximum Gasteiger partial charge on any atom is 0.321 e. The molecule has 19 heavy (non-hydrogen) atoms. The van der Waals surface area contributed by atoms with Crippen molar-refractivity contribution in [1.82, 2.24) is 0 Å². The summed E-state index contributed by atoms with van der Waals surface area (Å²) in [5.74, 6) is -2.16. The van der Waals surface area contributed by atoms with E-state index in [1.165, 1.54) is 13.8 Å². The fourth-order valence-electron chi connectivity index (χ4n) is 1.26. The van der Waals surface area contributed by atoms with E-state index in [0.717, 1.165) is 12.8 Å². The summed E-state index contributed by atoms with van der Waals surface area (Å²) in [6.07, 6.45) is 2.86. The van der Waals surface area contributed by atoms with Gasteiger partial charge in [-0.2, -0.15) is 0 Å². The van der Waals surface area contributed by atoms with Crippen LogP contribution in [0.15, 0.2) is 0 Å². The van der Waals surface area contributed by atoms with Gasteiger partial charge in [0.1, 0.15) is 0 Å². The van der Waals surface area contributed by atoms with Gasteiger partial charge in [0.05, 0.1) is 12.0 Å². The van der Waals surface area contributed by atoms with E-state index in [0.29, 0.717) is 12.8 Å². The van der Waals surface area contributed by atoms with Gasteiger partial charge in [0.15, 0.2) is 0 Å². The lowest BCUT2D eigenvalue weighted by atomic mass is 9.95. The summed E-state index contributed by atoms with van der Waals surface area (Å²) in [6, 6.07) is 0. The van der Waals surface area contributed by atoms with Crippen LogP contribution in [0.2, 0.25) is 0 Å². The second-order valence-electron chi connectivity index (χ2n) is 5.11. The summed E-state index contributed by atoms with van der Waals surface area (Å²) in [5, 5.41) is 17.4. The summed E-state index contributed by atoms with van der Waals surface area (Å²) < 4.78 is 4.62. The quantitative estimate of drug-likeness (QED) is 0.375. The average molecular weight is 274 g/mol. The maximum absolute atomic E-state index is 11.4. The Bertz CT molecular complexity index is 321. The molecule has 0 rings (SSSR count). The molecule has 0 atom stereocenters. The Morgan fingerprint density at radius 2 is 1.53 bits per heavy atom. The Labute approximate surface area is 112 Å². The Hall–Kier alpha value is -1.43. The van der Waals surface area contributed by atoms with Crippen molar-refractivity contribution in [2.45, 2.75) is 52.4 Å². The summed E-state index contributed by atoms with van der Waals surface area (Å²) in [4.78, 5) is 33.0. The van der Waals surface area contributed by atoms with Gasteiger partial charge >= 0.3 is 17.9 Å². The summed E-state index contributed by atoms with van der Waals surface area (Å²) in [6.45, 7) is 2.61. The molecule has 6 nitrogen and oxygen atoms in total. The van der Waals surface area contributed by atoms with Crippen molar-refractivity contribution < 1.29 is 29.3 Å². The van der Waals surface area contributed by atoms with E-state index in [1.807, 2.05) is 0 Å². The van der Waals surface area contributed by atoms with Gasteiger partial charge in [-0.15, -0.1) is 0 Å². The molecule has 0 spiro atoms. The van der Waals surface area contributed by atoms with Gasteiger partial charge in [0.25, 0.3) is 0 Å². The number of rotatable bonds is 9. The van der Waals surface area contributed by atoms with E-state index in [2.05, 4.69) is 4.74 Å². The Morgan fingerprint density at radius 1 is 1.00 bits per heavy atom. The van der Waals surface area contributed by atoms with Crippen LogP contribution in [0.1, 0.15) is 52.4 Å². The monoisotopic (exact) mass is 274 g/mol. The molecular formula is C13H22O6. The number of esters is 2. The molecule has 0 aromatic heterocycles. The van der Waals surface area contributed by atoms with Gasteiger partial charge in [0.2, 0.25) is 0 Å². The molecule has 0 heterocycles. The predicted molar refractivity (Wildman–Crippen MR) is 67.3 cm³/mol. The Kier molecular flexibility index (Phi) is 7.98. The molecule has 110 valence electrons. The molecule has 0 aromatic rings. The number of aliphatic hydroxyl groups is 1. The molecule has 2 N–H and O–H groups in total. The zero-order valence-electron chi connectivity index (χ0n) is 11.5. The number of aliphatic hydroxyl groups excluding tert-OH is 1. The molecule has 0 unspecified atom stereocenters. The number of carboxylic acids is 1. The van der Waals surface area contributed by atoms with E-state index in [9.17, 15) is 14.4 Å². The lowest BCUT2D eigenvalue weighted by Crippen LogP contribution is -2.32. The SMILES string of the molecule is CC(C)(CO)C(=O)OC(=O)CCCCCCC(=O)O. The summed E-state index contributed by atoms with van der Waals surface area (Å²) in [7, 11) is 0. The van der Waals surface area contributed by atoms with Crippen LogP contribution < -0.4 is 0 Å². The second kappa shape index (κ2) is 8.63. The van der Waals surface area contributed by atoms with Crippen LogP contribution in [0.3, 0.4) is 0 Å². The van der Waals surface area contributed by atoms with Gasteiger partial charge < -0.3 is 14.9 Å². The summed E-state index contributed by atoms with van der Waals surface area (Å²) in [5.41, 5.74) is -1.07. The average Bonchev–Trinajstić information content (AvgIpc) is 2.33. The van der Waals surface area contributed by atoms with Gasteiger partial charge in [-0.25, -0.2) is 0 Å². The van der Waals surface area contributed by atoms with Crippen LogP contribution in [0, 0.1) is 5.41 Å². The second-order valence-corrected chi connectivity index (χ2v) is 5.11. The molecular weight excluding hydrogens is 252 g/mol. The number of hydrogen-bond acceptors (Lipinski definition) is 5. The van der Waals surface area contributed by atoms with Gasteiger partial charge in [0, 0.05) is 12.8 Å². The van der Waals surface area contributed by atoms with Crippen molar-refractivity contribution in [3.8, 4) is 0 Å². The lowest BCUT2D eigenvalue weighted by molar-refractivity contribution is -0.167. The smallest absolute Gasteiger partial charge is 0.321 e. The number of carbonyl (C=O) groups is 3. The number of ether oxygens (including phenoxy) is 1. The minimum atomic E-state index is -1.07. The highest BCUT2D eigenvalue weighted by molar-refractivity contribution is 5.88. The van der Waals surface area contributed by atoms with Gasteiger partial charge in [-0.3, -0.25) is 14.4 Å². The standard InChI is InChI=1S/C13H22O6/c1-13(2,9-14)12(18)19-11(17)8-6-4-3-5-7-10(15)16/h14H,3-9H2,1-2H3,(H,15,16). The van der Waals surface area contributed by atoms with E-state index < -0.39 is 23.3 Å². The molecule has 0 aliphatic rings. The van der Waals surface area contributed by atoms with Gasteiger partial charge in [-0.05, 0) is 26.7 Å². The van der Waals surface area contributed by atoms with Crippen molar-refractivity contribution in [3.05, 3.63) is 0 Å². The van der Waals surface area contributed by atoms with Crippen molar-refractivity contribution in [3.63, 3.8) is 0 Å². The normalized spacial score (nSPS) is 11.1. The summed E-state index contributed by atoms with van der Waals surface area (Å²) >= 11 is 0. The molecule has 0 aliphatic carbocycles. The molecule has 0 radical (unpaired) electrons. The van der Waals surface area contributed by atoms with Crippen molar-refractivity contribution in [2.24, 2.45) is 5.41 Å². The molecule has 0 fully saturated rings. The first kappa shape index (κ1) is 17.6. The minimum Gasteiger partial charge on any atom is -0.481 e. The number of carbonyl (C=O) groups excluding carboxylic acids is 2. The van der Waals surface area contributed by atoms with E-state index in [1.54, 1.807) is 0 Å². The van der Waals surface area contributed by atoms with Crippen LogP contribution >= 0.6 is 0 Å². The van der Waals surface area contributed by atoms with Crippen molar-refractivity contribution in [1.29, 1.82) is 0 Å². The third-order valence-corrected chi connectivity index (χ3v) is 2.68. The van der Waals surface area contributed by atoms with E-state index >= 15 is 0 Å². The largest absolute Gasteiger partial charge is 0.481 e. The van der Waals surface area contributed by atoms with E-state index in [-0.39, 0.29) is 19.4 Å². The number of aliphatic carboxylic acids is 1. The molecule has 0 saturated heterocycles. The zero-order valence-corrected chi connectivity index (χ0v) is 11.5. The first-order valence-electron chi connectivity index (χ1n) is 6.37. The highest BCUT2D eigenvalue weighted by Gasteiger charge is 2.30. The van der Waals surface area contributed by atoms with Gasteiger partial charge in [-0.1, -0.05) is 12.8 Å².